The fourth-order valence-electron chi connectivity index (χ4n) is 2.23. The molecule has 0 radical (unpaired) electrons. The number of thioether (sulfide) groups is 1. The first kappa shape index (κ1) is 14.8. The summed E-state index contributed by atoms with van der Waals surface area (Å²) in [4.78, 5) is 12.0. The lowest BCUT2D eigenvalue weighted by molar-refractivity contribution is -0.120. The number of hydrogen-bond donors (Lipinski definition) is 2. The predicted octanol–water partition coefficient (Wildman–Crippen LogP) is 2.93. The molecule has 2 nitrogen and oxygen atoms in total. The summed E-state index contributed by atoms with van der Waals surface area (Å²) < 4.78 is 0. The summed E-state index contributed by atoms with van der Waals surface area (Å²) in [6.45, 7) is 0.787. The van der Waals surface area contributed by atoms with Gasteiger partial charge < -0.3 is 5.32 Å². The van der Waals surface area contributed by atoms with Gasteiger partial charge in [-0.05, 0) is 30.6 Å². The molecule has 104 valence electrons. The molecule has 1 aromatic carbocycles. The molecule has 1 N–H and O–H groups in total. The highest BCUT2D eigenvalue weighted by Crippen LogP contribution is 2.24. The number of hydrogen-bond acceptors (Lipinski definition) is 3. The van der Waals surface area contributed by atoms with Crippen molar-refractivity contribution >= 4 is 30.3 Å². The molecule has 1 fully saturated rings. The van der Waals surface area contributed by atoms with Crippen LogP contribution in [0.3, 0.4) is 0 Å². The summed E-state index contributed by atoms with van der Waals surface area (Å²) in [5, 5.41) is 3.38. The van der Waals surface area contributed by atoms with Crippen LogP contribution < -0.4 is 5.32 Å². The third-order valence-electron chi connectivity index (χ3n) is 3.35. The quantitative estimate of drug-likeness (QED) is 0.818. The molecular weight excluding hydrogens is 274 g/mol. The second kappa shape index (κ2) is 7.85. The Bertz CT molecular complexity index is 390. The van der Waals surface area contributed by atoms with Gasteiger partial charge in [0.1, 0.15) is 0 Å². The Hall–Kier alpha value is -0.610. The average Bonchev–Trinajstić information content (AvgIpc) is 2.47. The lowest BCUT2D eigenvalue weighted by Gasteiger charge is -2.22. The normalized spacial score (nSPS) is 20.8. The minimum absolute atomic E-state index is 0.0540. The maximum absolute atomic E-state index is 12.0. The Kier molecular flexibility index (Phi) is 6.11. The van der Waals surface area contributed by atoms with Crippen molar-refractivity contribution in [2.24, 2.45) is 0 Å². The molecule has 1 heterocycles. The van der Waals surface area contributed by atoms with Crippen LogP contribution in [0.15, 0.2) is 30.3 Å². The molecule has 1 aromatic rings. The van der Waals surface area contributed by atoms with E-state index in [0.717, 1.165) is 12.1 Å². The van der Waals surface area contributed by atoms with Gasteiger partial charge >= 0.3 is 0 Å². The third kappa shape index (κ3) is 5.11. The minimum Gasteiger partial charge on any atom is -0.354 e. The van der Waals surface area contributed by atoms with Gasteiger partial charge in [0, 0.05) is 11.8 Å². The summed E-state index contributed by atoms with van der Waals surface area (Å²) in [5.74, 6) is 1.29. The van der Waals surface area contributed by atoms with Gasteiger partial charge in [0.05, 0.1) is 5.25 Å². The summed E-state index contributed by atoms with van der Waals surface area (Å²) in [6, 6.07) is 10.0. The molecule has 1 amide bonds. The second-order valence-electron chi connectivity index (χ2n) is 4.94. The van der Waals surface area contributed by atoms with E-state index in [1.807, 2.05) is 42.1 Å². The van der Waals surface area contributed by atoms with Gasteiger partial charge in [-0.2, -0.15) is 24.4 Å². The van der Waals surface area contributed by atoms with Crippen LogP contribution in [0.1, 0.15) is 24.8 Å². The van der Waals surface area contributed by atoms with E-state index in [2.05, 4.69) is 17.9 Å². The molecule has 0 spiro atoms. The van der Waals surface area contributed by atoms with Crippen molar-refractivity contribution in [1.29, 1.82) is 0 Å². The van der Waals surface area contributed by atoms with Gasteiger partial charge in [-0.25, -0.2) is 0 Å². The summed E-state index contributed by atoms with van der Waals surface area (Å²) in [5.41, 5.74) is 1.16. The zero-order chi connectivity index (χ0) is 13.5. The molecule has 1 aliphatic heterocycles. The van der Waals surface area contributed by atoms with E-state index < -0.39 is 0 Å². The monoisotopic (exact) mass is 295 g/mol. The van der Waals surface area contributed by atoms with E-state index in [4.69, 9.17) is 0 Å². The first-order valence-electron chi connectivity index (χ1n) is 6.87. The molecule has 4 heteroatoms. The average molecular weight is 295 g/mol. The van der Waals surface area contributed by atoms with E-state index in [9.17, 15) is 4.79 Å². The van der Waals surface area contributed by atoms with Gasteiger partial charge in [0.2, 0.25) is 5.91 Å². The largest absolute Gasteiger partial charge is 0.354 e. The third-order valence-corrected chi connectivity index (χ3v) is 5.17. The van der Waals surface area contributed by atoms with Crippen LogP contribution in [-0.4, -0.2) is 28.7 Å². The van der Waals surface area contributed by atoms with Crippen LogP contribution in [0, 0.1) is 0 Å². The maximum atomic E-state index is 12.0. The number of carbonyl (C=O) groups is 1. The van der Waals surface area contributed by atoms with E-state index >= 15 is 0 Å². The number of rotatable bonds is 5. The standard InChI is InChI=1S/C15H21NOS2/c17-15(16-11-13-8-4-5-9-19-13)14(18)10-12-6-2-1-3-7-12/h1-3,6-7,13-14,18H,4-5,8-11H2,(H,16,17). The highest BCUT2D eigenvalue weighted by Gasteiger charge is 2.18. The zero-order valence-corrected chi connectivity index (χ0v) is 12.8. The highest BCUT2D eigenvalue weighted by molar-refractivity contribution is 7.99. The Balaban J connectivity index is 1.73. The van der Waals surface area contributed by atoms with E-state index in [-0.39, 0.29) is 11.2 Å². The van der Waals surface area contributed by atoms with Gasteiger partial charge in [-0.3, -0.25) is 4.79 Å². The SMILES string of the molecule is O=C(NCC1CCCCS1)C(S)Cc1ccccc1. The molecule has 0 aromatic heterocycles. The molecular formula is C15H21NOS2. The molecule has 2 rings (SSSR count). The summed E-state index contributed by atoms with van der Waals surface area (Å²) in [7, 11) is 0. The van der Waals surface area contributed by atoms with Crippen LogP contribution in [0.2, 0.25) is 0 Å². The van der Waals surface area contributed by atoms with Crippen LogP contribution in [0.25, 0.3) is 0 Å². The number of thiol groups is 1. The van der Waals surface area contributed by atoms with E-state index in [1.54, 1.807) is 0 Å². The Labute approximate surface area is 125 Å². The minimum atomic E-state index is -0.254. The van der Waals surface area contributed by atoms with Crippen LogP contribution in [0.4, 0.5) is 0 Å². The molecule has 0 saturated carbocycles. The Morgan fingerprint density at radius 3 is 2.84 bits per heavy atom. The van der Waals surface area contributed by atoms with Crippen LogP contribution in [-0.2, 0) is 11.2 Å². The fraction of sp³-hybridized carbons (Fsp3) is 0.533. The molecule has 1 aliphatic rings. The molecule has 0 aliphatic carbocycles. The lowest BCUT2D eigenvalue weighted by atomic mass is 10.1. The molecule has 2 atom stereocenters. The lowest BCUT2D eigenvalue weighted by Crippen LogP contribution is -2.37. The Morgan fingerprint density at radius 2 is 2.16 bits per heavy atom. The van der Waals surface area contributed by atoms with Gasteiger partial charge in [0.15, 0.2) is 0 Å². The highest BCUT2D eigenvalue weighted by atomic mass is 32.2. The maximum Gasteiger partial charge on any atom is 0.233 e. The number of carbonyl (C=O) groups excluding carboxylic acids is 1. The number of nitrogens with one attached hydrogen (secondary N) is 1. The molecule has 2 unspecified atom stereocenters. The van der Waals surface area contributed by atoms with E-state index in [1.165, 1.54) is 25.0 Å². The summed E-state index contributed by atoms with van der Waals surface area (Å²) in [6.07, 6.45) is 4.52. The van der Waals surface area contributed by atoms with Crippen LogP contribution in [0.5, 0.6) is 0 Å². The molecule has 19 heavy (non-hydrogen) atoms. The smallest absolute Gasteiger partial charge is 0.233 e. The van der Waals surface area contributed by atoms with Crippen molar-refractivity contribution in [3.63, 3.8) is 0 Å². The number of amides is 1. The second-order valence-corrected chi connectivity index (χ2v) is 6.97. The summed E-state index contributed by atoms with van der Waals surface area (Å²) >= 11 is 6.40. The van der Waals surface area contributed by atoms with Gasteiger partial charge in [-0.15, -0.1) is 0 Å². The first-order chi connectivity index (χ1) is 9.25. The number of benzene rings is 1. The predicted molar refractivity (Wildman–Crippen MR) is 86.0 cm³/mol. The van der Waals surface area contributed by atoms with Crippen molar-refractivity contribution < 1.29 is 4.79 Å². The fourth-order valence-corrected chi connectivity index (χ4v) is 3.77. The first-order valence-corrected chi connectivity index (χ1v) is 8.43. The van der Waals surface area contributed by atoms with Crippen molar-refractivity contribution in [2.75, 3.05) is 12.3 Å². The van der Waals surface area contributed by atoms with Crippen molar-refractivity contribution in [3.8, 4) is 0 Å². The van der Waals surface area contributed by atoms with Gasteiger partial charge in [0.25, 0.3) is 0 Å². The van der Waals surface area contributed by atoms with Gasteiger partial charge in [-0.1, -0.05) is 36.8 Å². The Morgan fingerprint density at radius 1 is 1.37 bits per heavy atom. The topological polar surface area (TPSA) is 29.1 Å². The van der Waals surface area contributed by atoms with E-state index in [0.29, 0.717) is 11.7 Å². The van der Waals surface area contributed by atoms with Crippen molar-refractivity contribution in [3.05, 3.63) is 35.9 Å². The zero-order valence-electron chi connectivity index (χ0n) is 11.0. The van der Waals surface area contributed by atoms with Crippen LogP contribution >= 0.6 is 24.4 Å². The molecule has 1 saturated heterocycles. The van der Waals surface area contributed by atoms with Crippen molar-refractivity contribution in [2.45, 2.75) is 36.2 Å². The van der Waals surface area contributed by atoms with Crippen molar-refractivity contribution in [1.82, 2.24) is 5.32 Å². The molecule has 0 bridgehead atoms.